The number of rotatable bonds is 3. The van der Waals surface area contributed by atoms with Gasteiger partial charge in [-0.25, -0.2) is 9.98 Å². The summed E-state index contributed by atoms with van der Waals surface area (Å²) < 4.78 is 4.86. The molecular weight excluding hydrogens is 581 g/mol. The molecule has 0 aliphatic carbocycles. The standard InChI is InChI=1S/C41H26N4S/c1-2-12-26(13-3-1)39-42-40(31-18-10-20-36-38(31)30-17-8-9-19-35(30)46-36)44-41(43-39)45-33-22-21-25-11-6-7-16-29(25)37(33)32-23-27-14-4-5-15-28(27)24-34(32)45/h1-24,41H,(H,42,43,44). The Bertz CT molecular complexity index is 2730. The third kappa shape index (κ3) is 3.79. The van der Waals surface area contributed by atoms with Gasteiger partial charge in [0.05, 0.1) is 11.0 Å². The van der Waals surface area contributed by atoms with Crippen LogP contribution in [0, 0.1) is 0 Å². The quantitative estimate of drug-likeness (QED) is 0.214. The summed E-state index contributed by atoms with van der Waals surface area (Å²) in [5.41, 5.74) is 4.35. The molecular formula is C41H26N4S. The van der Waals surface area contributed by atoms with Crippen molar-refractivity contribution in [1.29, 1.82) is 0 Å². The average Bonchev–Trinajstić information content (AvgIpc) is 3.66. The Morgan fingerprint density at radius 3 is 2.07 bits per heavy atom. The molecule has 216 valence electrons. The molecule has 0 saturated heterocycles. The summed E-state index contributed by atoms with van der Waals surface area (Å²) in [6.07, 6.45) is -0.520. The van der Waals surface area contributed by atoms with Crippen molar-refractivity contribution in [2.45, 2.75) is 6.29 Å². The van der Waals surface area contributed by atoms with Gasteiger partial charge in [-0.2, -0.15) is 0 Å². The maximum atomic E-state index is 5.45. The van der Waals surface area contributed by atoms with Crippen LogP contribution < -0.4 is 5.32 Å². The van der Waals surface area contributed by atoms with E-state index in [0.717, 1.165) is 33.8 Å². The molecule has 1 aliphatic rings. The molecule has 4 nitrogen and oxygen atoms in total. The molecule has 10 rings (SSSR count). The zero-order valence-corrected chi connectivity index (χ0v) is 25.5. The van der Waals surface area contributed by atoms with Crippen molar-refractivity contribution in [1.82, 2.24) is 9.88 Å². The number of hydrogen-bond acceptors (Lipinski definition) is 4. The molecule has 0 saturated carbocycles. The van der Waals surface area contributed by atoms with E-state index in [4.69, 9.17) is 9.98 Å². The maximum Gasteiger partial charge on any atom is 0.224 e. The topological polar surface area (TPSA) is 41.7 Å². The molecule has 1 atom stereocenters. The number of aromatic nitrogens is 1. The normalized spacial score (nSPS) is 15.2. The second kappa shape index (κ2) is 9.86. The summed E-state index contributed by atoms with van der Waals surface area (Å²) in [7, 11) is 0. The lowest BCUT2D eigenvalue weighted by Gasteiger charge is -2.24. The lowest BCUT2D eigenvalue weighted by molar-refractivity contribution is 0.575. The van der Waals surface area contributed by atoms with Gasteiger partial charge in [0.15, 0.2) is 0 Å². The summed E-state index contributed by atoms with van der Waals surface area (Å²) in [5.74, 6) is 1.63. The third-order valence-corrected chi connectivity index (χ3v) is 10.4. The summed E-state index contributed by atoms with van der Waals surface area (Å²) in [5, 5.41) is 13.5. The number of hydrogen-bond donors (Lipinski definition) is 1. The van der Waals surface area contributed by atoms with E-state index in [1.54, 1.807) is 0 Å². The second-order valence-electron chi connectivity index (χ2n) is 11.8. The SMILES string of the molecule is c1ccc(C2=NC(n3c4cc5ccccc5cc4c4c5ccccc5ccc43)N=C(c3cccc4sc5ccccc5c34)N2)cc1. The van der Waals surface area contributed by atoms with E-state index >= 15 is 0 Å². The highest BCUT2D eigenvalue weighted by Gasteiger charge is 2.26. The van der Waals surface area contributed by atoms with Crippen LogP contribution in [0.4, 0.5) is 0 Å². The fourth-order valence-electron chi connectivity index (χ4n) is 7.15. The van der Waals surface area contributed by atoms with E-state index in [0.29, 0.717) is 0 Å². The van der Waals surface area contributed by atoms with Crippen LogP contribution in [-0.4, -0.2) is 16.2 Å². The molecule has 5 heteroatoms. The summed E-state index contributed by atoms with van der Waals surface area (Å²) in [4.78, 5) is 10.8. The first kappa shape index (κ1) is 25.5. The summed E-state index contributed by atoms with van der Waals surface area (Å²) >= 11 is 1.82. The number of nitrogens with one attached hydrogen (secondary N) is 1. The van der Waals surface area contributed by atoms with Crippen LogP contribution in [0.2, 0.25) is 0 Å². The van der Waals surface area contributed by atoms with Crippen LogP contribution in [0.15, 0.2) is 156 Å². The molecule has 7 aromatic carbocycles. The van der Waals surface area contributed by atoms with Crippen molar-refractivity contribution in [3.05, 3.63) is 157 Å². The Kier molecular flexibility index (Phi) is 5.47. The van der Waals surface area contributed by atoms with Gasteiger partial charge in [-0.1, -0.05) is 115 Å². The van der Waals surface area contributed by atoms with E-state index in [1.807, 2.05) is 17.4 Å². The van der Waals surface area contributed by atoms with Gasteiger partial charge in [-0.3, -0.25) is 4.57 Å². The fourth-order valence-corrected chi connectivity index (χ4v) is 8.29. The Labute approximate surface area is 268 Å². The molecule has 2 aromatic heterocycles. The predicted octanol–water partition coefficient (Wildman–Crippen LogP) is 10.4. The van der Waals surface area contributed by atoms with Crippen LogP contribution in [0.1, 0.15) is 17.4 Å². The number of aliphatic imine (C=N–C) groups is 2. The van der Waals surface area contributed by atoms with Crippen molar-refractivity contribution in [2.75, 3.05) is 0 Å². The molecule has 1 unspecified atom stereocenters. The van der Waals surface area contributed by atoms with E-state index in [-0.39, 0.29) is 0 Å². The van der Waals surface area contributed by atoms with Gasteiger partial charge in [-0.05, 0) is 51.9 Å². The van der Waals surface area contributed by atoms with Crippen molar-refractivity contribution in [2.24, 2.45) is 9.98 Å². The zero-order chi connectivity index (χ0) is 30.2. The Hall–Kier alpha value is -5.78. The molecule has 1 N–H and O–H groups in total. The molecule has 0 radical (unpaired) electrons. The predicted molar refractivity (Wildman–Crippen MR) is 195 cm³/mol. The first-order valence-electron chi connectivity index (χ1n) is 15.5. The van der Waals surface area contributed by atoms with Gasteiger partial charge in [0, 0.05) is 42.1 Å². The minimum Gasteiger partial charge on any atom is -0.324 e. The molecule has 0 amide bonds. The Morgan fingerprint density at radius 1 is 0.500 bits per heavy atom. The molecule has 46 heavy (non-hydrogen) atoms. The molecule has 0 bridgehead atoms. The van der Waals surface area contributed by atoms with Gasteiger partial charge in [0.25, 0.3) is 0 Å². The largest absolute Gasteiger partial charge is 0.324 e. The molecule has 0 fully saturated rings. The van der Waals surface area contributed by atoms with Gasteiger partial charge in [0.1, 0.15) is 11.7 Å². The molecule has 1 aliphatic heterocycles. The number of fused-ring (bicyclic) bond motifs is 9. The average molecular weight is 607 g/mol. The zero-order valence-electron chi connectivity index (χ0n) is 24.7. The van der Waals surface area contributed by atoms with Crippen LogP contribution in [0.25, 0.3) is 63.5 Å². The van der Waals surface area contributed by atoms with Gasteiger partial charge in [-0.15, -0.1) is 11.3 Å². The van der Waals surface area contributed by atoms with Crippen LogP contribution in [-0.2, 0) is 0 Å². The number of benzene rings is 7. The van der Waals surface area contributed by atoms with Crippen molar-refractivity contribution < 1.29 is 0 Å². The van der Waals surface area contributed by atoms with Gasteiger partial charge in [0.2, 0.25) is 6.29 Å². The minimum atomic E-state index is -0.520. The summed E-state index contributed by atoms with van der Waals surface area (Å²) in [6.45, 7) is 0. The molecule has 9 aromatic rings. The maximum absolute atomic E-state index is 5.45. The highest BCUT2D eigenvalue weighted by Crippen LogP contribution is 2.41. The van der Waals surface area contributed by atoms with Crippen LogP contribution >= 0.6 is 11.3 Å². The van der Waals surface area contributed by atoms with E-state index in [9.17, 15) is 0 Å². The molecule has 3 heterocycles. The van der Waals surface area contributed by atoms with E-state index < -0.39 is 6.29 Å². The van der Waals surface area contributed by atoms with Gasteiger partial charge >= 0.3 is 0 Å². The monoisotopic (exact) mass is 606 g/mol. The van der Waals surface area contributed by atoms with Crippen LogP contribution in [0.5, 0.6) is 0 Å². The van der Waals surface area contributed by atoms with Crippen LogP contribution in [0.3, 0.4) is 0 Å². The first-order chi connectivity index (χ1) is 22.8. The molecule has 0 spiro atoms. The number of amidine groups is 2. The van der Waals surface area contributed by atoms with E-state index in [2.05, 4.69) is 149 Å². The van der Waals surface area contributed by atoms with E-state index in [1.165, 1.54) is 52.5 Å². The Morgan fingerprint density at radius 2 is 1.20 bits per heavy atom. The lowest BCUT2D eigenvalue weighted by Crippen LogP contribution is -2.37. The minimum absolute atomic E-state index is 0.520. The number of nitrogens with zero attached hydrogens (tertiary/aromatic N) is 3. The smallest absolute Gasteiger partial charge is 0.224 e. The lowest BCUT2D eigenvalue weighted by atomic mass is 10.0. The third-order valence-electron chi connectivity index (χ3n) is 9.22. The highest BCUT2D eigenvalue weighted by atomic mass is 32.1. The summed E-state index contributed by atoms with van der Waals surface area (Å²) in [6, 6.07) is 51.9. The van der Waals surface area contributed by atoms with Crippen molar-refractivity contribution >= 4 is 86.5 Å². The fraction of sp³-hybridized carbons (Fsp3) is 0.0244. The second-order valence-corrected chi connectivity index (χ2v) is 12.9. The van der Waals surface area contributed by atoms with Gasteiger partial charge < -0.3 is 5.32 Å². The first-order valence-corrected chi connectivity index (χ1v) is 16.3. The highest BCUT2D eigenvalue weighted by molar-refractivity contribution is 7.25. The Balaban J connectivity index is 1.30. The van der Waals surface area contributed by atoms with Crippen molar-refractivity contribution in [3.63, 3.8) is 0 Å². The number of thiophene rings is 1. The van der Waals surface area contributed by atoms with Crippen molar-refractivity contribution in [3.8, 4) is 0 Å².